The first-order valence-corrected chi connectivity index (χ1v) is 8.15. The lowest BCUT2D eigenvalue weighted by molar-refractivity contribution is 0.574. The molecule has 3 rings (SSSR count). The molecule has 0 atom stereocenters. The molecule has 2 aliphatic rings. The molecule has 2 aliphatic heterocycles. The van der Waals surface area contributed by atoms with Crippen molar-refractivity contribution >= 4 is 21.4 Å². The summed E-state index contributed by atoms with van der Waals surface area (Å²) in [6.07, 6.45) is 3.88. The van der Waals surface area contributed by atoms with E-state index >= 15 is 0 Å². The van der Waals surface area contributed by atoms with E-state index in [1.807, 2.05) is 18.2 Å². The van der Waals surface area contributed by atoms with E-state index in [0.29, 0.717) is 6.54 Å². The van der Waals surface area contributed by atoms with Crippen molar-refractivity contribution in [1.29, 1.82) is 0 Å². The molecule has 1 fully saturated rings. The van der Waals surface area contributed by atoms with Gasteiger partial charge in [-0.15, -0.1) is 0 Å². The number of sulfonamides is 1. The van der Waals surface area contributed by atoms with Crippen LogP contribution in [0.4, 0.5) is 11.4 Å². The zero-order chi connectivity index (χ0) is 12.6. The van der Waals surface area contributed by atoms with E-state index in [4.69, 9.17) is 0 Å². The zero-order valence-corrected chi connectivity index (χ0v) is 11.2. The van der Waals surface area contributed by atoms with Crippen LogP contribution in [0.5, 0.6) is 0 Å². The number of hydrogen-bond acceptors (Lipinski definition) is 3. The minimum absolute atomic E-state index is 0.280. The van der Waals surface area contributed by atoms with Gasteiger partial charge in [-0.05, 0) is 49.4 Å². The van der Waals surface area contributed by atoms with Crippen molar-refractivity contribution in [2.24, 2.45) is 0 Å². The summed E-state index contributed by atoms with van der Waals surface area (Å²) < 4.78 is 25.7. The van der Waals surface area contributed by atoms with Gasteiger partial charge in [-0.1, -0.05) is 0 Å². The third-order valence-corrected chi connectivity index (χ3v) is 5.53. The molecule has 0 spiro atoms. The van der Waals surface area contributed by atoms with Crippen LogP contribution >= 0.6 is 0 Å². The molecule has 0 radical (unpaired) electrons. The first-order chi connectivity index (χ1) is 8.67. The molecule has 5 heteroatoms. The molecule has 0 amide bonds. The van der Waals surface area contributed by atoms with Gasteiger partial charge in [-0.2, -0.15) is 0 Å². The summed E-state index contributed by atoms with van der Waals surface area (Å²) in [5, 5.41) is 3.35. The van der Waals surface area contributed by atoms with Gasteiger partial charge in [0.2, 0.25) is 10.0 Å². The summed E-state index contributed by atoms with van der Waals surface area (Å²) in [7, 11) is -3.09. The number of anilines is 2. The van der Waals surface area contributed by atoms with Gasteiger partial charge in [0.25, 0.3) is 0 Å². The summed E-state index contributed by atoms with van der Waals surface area (Å²) in [4.78, 5) is 0. The third kappa shape index (κ3) is 2.07. The van der Waals surface area contributed by atoms with E-state index < -0.39 is 10.0 Å². The standard InChI is InChI=1S/C13H18N2O2S/c16-18(17)9-2-1-8-15(18)12-5-6-13-11(10-12)4-3-7-14-13/h5-6,10,14H,1-4,7-9H2. The average molecular weight is 266 g/mol. The lowest BCUT2D eigenvalue weighted by Gasteiger charge is -2.29. The molecular weight excluding hydrogens is 248 g/mol. The normalized spacial score (nSPS) is 22.1. The highest BCUT2D eigenvalue weighted by atomic mass is 32.2. The van der Waals surface area contributed by atoms with Gasteiger partial charge in [0.15, 0.2) is 0 Å². The minimum Gasteiger partial charge on any atom is -0.385 e. The summed E-state index contributed by atoms with van der Waals surface area (Å²) in [6, 6.07) is 5.96. The van der Waals surface area contributed by atoms with Crippen molar-refractivity contribution in [3.63, 3.8) is 0 Å². The summed E-state index contributed by atoms with van der Waals surface area (Å²) in [5.74, 6) is 0.280. The van der Waals surface area contributed by atoms with E-state index in [1.54, 1.807) is 4.31 Å². The summed E-state index contributed by atoms with van der Waals surface area (Å²) in [5.41, 5.74) is 3.22. The minimum atomic E-state index is -3.09. The molecule has 0 aliphatic carbocycles. The second-order valence-electron chi connectivity index (χ2n) is 4.97. The Bertz CT molecular complexity index is 554. The fourth-order valence-electron chi connectivity index (χ4n) is 2.70. The SMILES string of the molecule is O=S1(=O)CCCCN1c1ccc2c(c1)CCCN2. The molecule has 98 valence electrons. The van der Waals surface area contributed by atoms with Gasteiger partial charge in [-0.25, -0.2) is 8.42 Å². The highest BCUT2D eigenvalue weighted by Crippen LogP contribution is 2.30. The molecule has 4 nitrogen and oxygen atoms in total. The molecule has 0 saturated carbocycles. The number of rotatable bonds is 1. The molecule has 1 aromatic rings. The van der Waals surface area contributed by atoms with E-state index in [-0.39, 0.29) is 5.75 Å². The van der Waals surface area contributed by atoms with Crippen molar-refractivity contribution in [2.45, 2.75) is 25.7 Å². The molecular formula is C13H18N2O2S. The second-order valence-corrected chi connectivity index (χ2v) is 6.98. The Morgan fingerprint density at radius 3 is 2.89 bits per heavy atom. The quantitative estimate of drug-likeness (QED) is 0.845. The Balaban J connectivity index is 1.96. The highest BCUT2D eigenvalue weighted by molar-refractivity contribution is 7.92. The third-order valence-electron chi connectivity index (χ3n) is 3.66. The fraction of sp³-hybridized carbons (Fsp3) is 0.538. The maximum Gasteiger partial charge on any atom is 0.235 e. The lowest BCUT2D eigenvalue weighted by atomic mass is 10.0. The van der Waals surface area contributed by atoms with Crippen molar-refractivity contribution in [2.75, 3.05) is 28.5 Å². The van der Waals surface area contributed by atoms with Crippen LogP contribution in [0.25, 0.3) is 0 Å². The predicted octanol–water partition coefficient (Wildman–Crippen LogP) is 1.97. The van der Waals surface area contributed by atoms with Crippen LogP contribution in [0.3, 0.4) is 0 Å². The Morgan fingerprint density at radius 1 is 1.17 bits per heavy atom. The Morgan fingerprint density at radius 2 is 2.06 bits per heavy atom. The van der Waals surface area contributed by atoms with E-state index in [0.717, 1.165) is 43.6 Å². The Hall–Kier alpha value is -1.23. The molecule has 1 aromatic carbocycles. The van der Waals surface area contributed by atoms with Gasteiger partial charge < -0.3 is 5.32 Å². The monoisotopic (exact) mass is 266 g/mol. The number of fused-ring (bicyclic) bond motifs is 1. The van der Waals surface area contributed by atoms with Crippen LogP contribution in [-0.2, 0) is 16.4 Å². The first-order valence-electron chi connectivity index (χ1n) is 6.54. The maximum absolute atomic E-state index is 12.1. The highest BCUT2D eigenvalue weighted by Gasteiger charge is 2.26. The second kappa shape index (κ2) is 4.46. The molecule has 2 heterocycles. The fourth-order valence-corrected chi connectivity index (χ4v) is 4.33. The predicted molar refractivity (Wildman–Crippen MR) is 73.6 cm³/mol. The van der Waals surface area contributed by atoms with Gasteiger partial charge in [0.05, 0.1) is 11.4 Å². The van der Waals surface area contributed by atoms with Crippen LogP contribution in [-0.4, -0.2) is 27.3 Å². The number of aryl methyl sites for hydroxylation is 1. The van der Waals surface area contributed by atoms with Gasteiger partial charge in [0, 0.05) is 18.8 Å². The number of benzene rings is 1. The van der Waals surface area contributed by atoms with Crippen molar-refractivity contribution in [3.8, 4) is 0 Å². The smallest absolute Gasteiger partial charge is 0.235 e. The topological polar surface area (TPSA) is 49.4 Å². The van der Waals surface area contributed by atoms with Crippen molar-refractivity contribution in [1.82, 2.24) is 0 Å². The van der Waals surface area contributed by atoms with E-state index in [2.05, 4.69) is 5.32 Å². The molecule has 1 saturated heterocycles. The zero-order valence-electron chi connectivity index (χ0n) is 10.4. The van der Waals surface area contributed by atoms with Crippen molar-refractivity contribution < 1.29 is 8.42 Å². The molecule has 1 N–H and O–H groups in total. The van der Waals surface area contributed by atoms with Crippen LogP contribution in [0.2, 0.25) is 0 Å². The maximum atomic E-state index is 12.1. The molecule has 0 unspecified atom stereocenters. The number of nitrogens with one attached hydrogen (secondary N) is 1. The molecule has 0 aromatic heterocycles. The number of nitrogens with zero attached hydrogens (tertiary/aromatic N) is 1. The Kier molecular flexibility index (Phi) is 2.93. The van der Waals surface area contributed by atoms with Crippen LogP contribution in [0.1, 0.15) is 24.8 Å². The van der Waals surface area contributed by atoms with Crippen LogP contribution in [0.15, 0.2) is 18.2 Å². The summed E-state index contributed by atoms with van der Waals surface area (Å²) in [6.45, 7) is 1.63. The van der Waals surface area contributed by atoms with Crippen molar-refractivity contribution in [3.05, 3.63) is 23.8 Å². The largest absolute Gasteiger partial charge is 0.385 e. The summed E-state index contributed by atoms with van der Waals surface area (Å²) >= 11 is 0. The van der Waals surface area contributed by atoms with E-state index in [1.165, 1.54) is 5.56 Å². The van der Waals surface area contributed by atoms with Crippen LogP contribution in [0, 0.1) is 0 Å². The first kappa shape index (κ1) is 11.8. The van der Waals surface area contributed by atoms with E-state index in [9.17, 15) is 8.42 Å². The molecule has 0 bridgehead atoms. The van der Waals surface area contributed by atoms with Gasteiger partial charge in [0.1, 0.15) is 0 Å². The van der Waals surface area contributed by atoms with Gasteiger partial charge >= 0.3 is 0 Å². The Labute approximate surface area is 108 Å². The van der Waals surface area contributed by atoms with Crippen LogP contribution < -0.4 is 9.62 Å². The average Bonchev–Trinajstić information content (AvgIpc) is 2.38. The lowest BCUT2D eigenvalue weighted by Crippen LogP contribution is -2.37. The van der Waals surface area contributed by atoms with Gasteiger partial charge in [-0.3, -0.25) is 4.31 Å². The molecule has 18 heavy (non-hydrogen) atoms. The number of hydrogen-bond donors (Lipinski definition) is 1.